The van der Waals surface area contributed by atoms with E-state index in [0.29, 0.717) is 32.4 Å². The lowest BCUT2D eigenvalue weighted by molar-refractivity contribution is -0.141. The molecule has 0 spiro atoms. The van der Waals surface area contributed by atoms with E-state index < -0.39 is 27.9 Å². The predicted molar refractivity (Wildman–Crippen MR) is 130 cm³/mol. The van der Waals surface area contributed by atoms with Crippen LogP contribution < -0.4 is 5.32 Å². The second kappa shape index (κ2) is 11.9. The zero-order valence-corrected chi connectivity index (χ0v) is 21.8. The molecule has 1 atom stereocenters. The predicted octanol–water partition coefficient (Wildman–Crippen LogP) is 2.07. The molecule has 1 heterocycles. The van der Waals surface area contributed by atoms with Crippen LogP contribution in [0.3, 0.4) is 0 Å². The Morgan fingerprint density at radius 3 is 2.00 bits per heavy atom. The van der Waals surface area contributed by atoms with Gasteiger partial charge in [0.15, 0.2) is 0 Å². The number of amides is 2. The van der Waals surface area contributed by atoms with Gasteiger partial charge in [-0.05, 0) is 38.0 Å². The highest BCUT2D eigenvalue weighted by atomic mass is 32.2. The van der Waals surface area contributed by atoms with Crippen molar-refractivity contribution in [2.45, 2.75) is 103 Å². The van der Waals surface area contributed by atoms with Gasteiger partial charge >= 0.3 is 0 Å². The van der Waals surface area contributed by atoms with Crippen molar-refractivity contribution in [2.75, 3.05) is 26.2 Å². The number of hydrogen-bond donors (Lipinski definition) is 1. The molecule has 0 bridgehead atoms. The molecule has 0 radical (unpaired) electrons. The summed E-state index contributed by atoms with van der Waals surface area (Å²) >= 11 is 0. The van der Waals surface area contributed by atoms with Crippen LogP contribution in [0, 0.1) is 5.92 Å². The van der Waals surface area contributed by atoms with Gasteiger partial charge in [0, 0.05) is 45.2 Å². The number of rotatable bonds is 9. The van der Waals surface area contributed by atoms with Crippen molar-refractivity contribution in [1.29, 1.82) is 0 Å². The number of nitrogens with one attached hydrogen (secondary N) is 1. The molecule has 1 aliphatic heterocycles. The summed E-state index contributed by atoms with van der Waals surface area (Å²) in [6, 6.07) is -1.31. The number of ketones is 1. The Bertz CT molecular complexity index is 826. The SMILES string of the molecule is CC(=O)N1CCN(S(=O)(=O)N(C2CCCCC2)[C@@H](CC(C)C)C(=O)C(=O)NC2CCCC2)CC1. The first-order chi connectivity index (χ1) is 16.1. The van der Waals surface area contributed by atoms with Gasteiger partial charge in [-0.25, -0.2) is 0 Å². The zero-order chi connectivity index (χ0) is 24.9. The molecule has 0 aromatic heterocycles. The maximum Gasteiger partial charge on any atom is 0.289 e. The topological polar surface area (TPSA) is 107 Å². The third kappa shape index (κ3) is 6.57. The molecule has 0 aromatic rings. The second-order valence-corrected chi connectivity index (χ2v) is 12.3. The lowest BCUT2D eigenvalue weighted by atomic mass is 9.92. The number of nitrogens with zero attached hydrogens (tertiary/aromatic N) is 3. The fourth-order valence-electron chi connectivity index (χ4n) is 5.56. The first-order valence-corrected chi connectivity index (χ1v) is 14.4. The lowest BCUT2D eigenvalue weighted by Gasteiger charge is -2.43. The highest BCUT2D eigenvalue weighted by Gasteiger charge is 2.45. The van der Waals surface area contributed by atoms with Crippen LogP contribution in [0.2, 0.25) is 0 Å². The van der Waals surface area contributed by atoms with Gasteiger partial charge in [0.25, 0.3) is 16.1 Å². The van der Waals surface area contributed by atoms with Crippen LogP contribution in [0.1, 0.15) is 85.0 Å². The van der Waals surface area contributed by atoms with Crippen LogP contribution in [0.4, 0.5) is 0 Å². The Labute approximate surface area is 204 Å². The van der Waals surface area contributed by atoms with Gasteiger partial charge in [0.05, 0.1) is 6.04 Å². The molecule has 1 N–H and O–H groups in total. The summed E-state index contributed by atoms with van der Waals surface area (Å²) in [5.74, 6) is -1.33. The maximum atomic E-state index is 14.0. The third-order valence-electron chi connectivity index (χ3n) is 7.43. The van der Waals surface area contributed by atoms with Gasteiger partial charge in [-0.1, -0.05) is 46.0 Å². The highest BCUT2D eigenvalue weighted by Crippen LogP contribution is 2.31. The normalized spacial score (nSPS) is 22.3. The Kier molecular flexibility index (Phi) is 9.51. The van der Waals surface area contributed by atoms with Crippen molar-refractivity contribution in [3.63, 3.8) is 0 Å². The molecular weight excluding hydrogens is 456 g/mol. The van der Waals surface area contributed by atoms with E-state index in [2.05, 4.69) is 5.32 Å². The summed E-state index contributed by atoms with van der Waals surface area (Å²) < 4.78 is 30.8. The van der Waals surface area contributed by atoms with Gasteiger partial charge in [-0.15, -0.1) is 0 Å². The van der Waals surface area contributed by atoms with Crippen LogP contribution in [0.5, 0.6) is 0 Å². The summed E-state index contributed by atoms with van der Waals surface area (Å²) in [6.07, 6.45) is 8.34. The first-order valence-electron chi connectivity index (χ1n) is 13.0. The van der Waals surface area contributed by atoms with E-state index in [9.17, 15) is 22.8 Å². The molecule has 10 heteroatoms. The van der Waals surface area contributed by atoms with Crippen LogP contribution in [-0.4, -0.2) is 83.8 Å². The van der Waals surface area contributed by atoms with Crippen molar-refractivity contribution in [2.24, 2.45) is 5.92 Å². The van der Waals surface area contributed by atoms with Crippen LogP contribution in [0.25, 0.3) is 0 Å². The fourth-order valence-corrected chi connectivity index (χ4v) is 7.54. The largest absolute Gasteiger partial charge is 0.347 e. The molecule has 3 rings (SSSR count). The minimum absolute atomic E-state index is 0.00412. The summed E-state index contributed by atoms with van der Waals surface area (Å²) in [5.41, 5.74) is 0. The number of carbonyl (C=O) groups is 3. The number of Topliss-reactive ketones (excluding diaryl/α,β-unsaturated/α-hetero) is 1. The van der Waals surface area contributed by atoms with Gasteiger partial charge in [-0.3, -0.25) is 14.4 Å². The molecule has 0 aromatic carbocycles. The number of hydrogen-bond acceptors (Lipinski definition) is 5. The average Bonchev–Trinajstić information content (AvgIpc) is 3.31. The Balaban J connectivity index is 1.89. The lowest BCUT2D eigenvalue weighted by Crippen LogP contribution is -2.61. The summed E-state index contributed by atoms with van der Waals surface area (Å²) in [7, 11) is -4.00. The monoisotopic (exact) mass is 498 g/mol. The van der Waals surface area contributed by atoms with Crippen LogP contribution in [-0.2, 0) is 24.6 Å². The second-order valence-electron chi connectivity index (χ2n) is 10.5. The minimum Gasteiger partial charge on any atom is -0.347 e. The van der Waals surface area contributed by atoms with Crippen molar-refractivity contribution in [1.82, 2.24) is 18.8 Å². The van der Waals surface area contributed by atoms with E-state index in [1.54, 1.807) is 4.90 Å². The molecule has 194 valence electrons. The first kappa shape index (κ1) is 27.1. The van der Waals surface area contributed by atoms with E-state index in [1.165, 1.54) is 15.5 Å². The van der Waals surface area contributed by atoms with E-state index in [0.717, 1.165) is 44.9 Å². The molecule has 9 nitrogen and oxygen atoms in total. The maximum absolute atomic E-state index is 14.0. The van der Waals surface area contributed by atoms with Crippen LogP contribution >= 0.6 is 0 Å². The van der Waals surface area contributed by atoms with Crippen molar-refractivity contribution >= 4 is 27.8 Å². The molecule has 1 saturated heterocycles. The highest BCUT2D eigenvalue weighted by molar-refractivity contribution is 7.86. The quantitative estimate of drug-likeness (QED) is 0.490. The van der Waals surface area contributed by atoms with E-state index in [4.69, 9.17) is 0 Å². The standard InChI is InChI=1S/C24H42N4O5S/c1-18(2)17-22(23(30)24(31)25-20-9-7-8-10-20)28(21-11-5-4-6-12-21)34(32,33)27-15-13-26(14-16-27)19(3)29/h18,20-22H,4-17H2,1-3H3,(H,25,31)/t22-/m0/s1. The van der Waals surface area contributed by atoms with Gasteiger partial charge in [0.2, 0.25) is 11.7 Å². The van der Waals surface area contributed by atoms with E-state index in [1.807, 2.05) is 13.8 Å². The zero-order valence-electron chi connectivity index (χ0n) is 21.0. The molecule has 3 fully saturated rings. The summed E-state index contributed by atoms with van der Waals surface area (Å²) in [4.78, 5) is 39.9. The smallest absolute Gasteiger partial charge is 0.289 e. The Hall–Kier alpha value is -1.52. The molecule has 34 heavy (non-hydrogen) atoms. The van der Waals surface area contributed by atoms with Gasteiger partial charge < -0.3 is 10.2 Å². The summed E-state index contributed by atoms with van der Waals surface area (Å²) in [6.45, 7) is 6.44. The van der Waals surface area contributed by atoms with E-state index in [-0.39, 0.29) is 37.0 Å². The number of carbonyl (C=O) groups excluding carboxylic acids is 3. The van der Waals surface area contributed by atoms with Crippen molar-refractivity contribution in [3.05, 3.63) is 0 Å². The third-order valence-corrected chi connectivity index (χ3v) is 9.53. The molecule has 2 aliphatic carbocycles. The van der Waals surface area contributed by atoms with Gasteiger partial charge in [0.1, 0.15) is 0 Å². The molecule has 2 amide bonds. The minimum atomic E-state index is -4.00. The van der Waals surface area contributed by atoms with Crippen LogP contribution in [0.15, 0.2) is 0 Å². The van der Waals surface area contributed by atoms with Gasteiger partial charge in [-0.2, -0.15) is 17.0 Å². The molecule has 0 unspecified atom stereocenters. The fraction of sp³-hybridized carbons (Fsp3) is 0.875. The van der Waals surface area contributed by atoms with Crippen molar-refractivity contribution in [3.8, 4) is 0 Å². The van der Waals surface area contributed by atoms with E-state index >= 15 is 0 Å². The average molecular weight is 499 g/mol. The Morgan fingerprint density at radius 1 is 0.912 bits per heavy atom. The number of piperazine rings is 1. The Morgan fingerprint density at radius 2 is 1.47 bits per heavy atom. The molecule has 2 saturated carbocycles. The molecule has 3 aliphatic rings. The summed E-state index contributed by atoms with van der Waals surface area (Å²) in [5, 5.41) is 2.87. The van der Waals surface area contributed by atoms with Crippen molar-refractivity contribution < 1.29 is 22.8 Å². The molecular formula is C24H42N4O5S.